The molecule has 10 rings (SSSR count). The number of carboxylic acids is 1. The van der Waals surface area contributed by atoms with Crippen molar-refractivity contribution in [2.45, 2.75) is 79.4 Å². The van der Waals surface area contributed by atoms with Crippen LogP contribution in [0.25, 0.3) is 32.7 Å². The quantitative estimate of drug-likeness (QED) is 0.0476. The second-order valence-corrected chi connectivity index (χ2v) is 17.5. The van der Waals surface area contributed by atoms with Crippen LogP contribution in [0.4, 0.5) is 35.9 Å². The first-order chi connectivity index (χ1) is 35.9. The Balaban J connectivity index is 0.000000192. The SMILES string of the molecule is CC=O.CCn1cc(CC(=O)Cc2ccccc2N)c2c(O)cc(F)cc21.CCn1cc(CC(=O)O)c2c(O)cc(F)cc21.CCn1cc(CC2=Nc3ccccc3C2)c2c(O)cc(F)cc21.Nc1ccccc1N.O. The summed E-state index contributed by atoms with van der Waals surface area (Å²) in [6, 6.07) is 30.0. The molecule has 0 atom stereocenters. The van der Waals surface area contributed by atoms with Gasteiger partial charge in [0.05, 0.1) is 40.0 Å². The molecular weight excluding hydrogens is 980 g/mol. The summed E-state index contributed by atoms with van der Waals surface area (Å²) in [6.07, 6.45) is 7.88. The maximum absolute atomic E-state index is 13.6. The van der Waals surface area contributed by atoms with Gasteiger partial charge in [-0.3, -0.25) is 14.6 Å². The Bertz CT molecular complexity index is 3530. The number of nitrogen functional groups attached to an aromatic ring is 3. The number of anilines is 3. The summed E-state index contributed by atoms with van der Waals surface area (Å²) in [6.45, 7) is 9.18. The zero-order valence-electron chi connectivity index (χ0n) is 42.5. The second-order valence-electron chi connectivity index (χ2n) is 17.5. The number of carbonyl (C=O) groups is 3. The number of hydrogen-bond acceptors (Lipinski definition) is 10. The van der Waals surface area contributed by atoms with Crippen LogP contribution in [0.5, 0.6) is 17.2 Å². The number of Topliss-reactive ketones (excluding diaryl/α,β-unsaturated/α-hetero) is 1. The number of nitrogens with two attached hydrogens (primary N) is 3. The van der Waals surface area contributed by atoms with Gasteiger partial charge in [-0.05, 0) is 98.0 Å². The van der Waals surface area contributed by atoms with Gasteiger partial charge in [-0.2, -0.15) is 0 Å². The van der Waals surface area contributed by atoms with Crippen molar-refractivity contribution >= 4 is 79.2 Å². The van der Waals surface area contributed by atoms with Gasteiger partial charge < -0.3 is 61.6 Å². The van der Waals surface area contributed by atoms with Crippen LogP contribution in [0.2, 0.25) is 0 Å². The number of phenolic OH excluding ortho intramolecular Hbond substituents is 3. The molecule has 0 spiro atoms. The van der Waals surface area contributed by atoms with Gasteiger partial charge in [-0.25, -0.2) is 13.2 Å². The lowest BCUT2D eigenvalue weighted by Gasteiger charge is -2.05. The highest BCUT2D eigenvalue weighted by atomic mass is 19.1. The Morgan fingerprint density at radius 2 is 0.961 bits per heavy atom. The first kappa shape index (κ1) is 57.9. The smallest absolute Gasteiger partial charge is 0.307 e. The maximum Gasteiger partial charge on any atom is 0.307 e. The van der Waals surface area contributed by atoms with E-state index in [1.807, 2.05) is 84.6 Å². The number of nitrogens with zero attached hydrogens (tertiary/aromatic N) is 4. The lowest BCUT2D eigenvalue weighted by molar-refractivity contribution is -0.136. The number of aliphatic carboxylic acids is 1. The number of ketones is 1. The molecule has 0 saturated heterocycles. The van der Waals surface area contributed by atoms with E-state index in [2.05, 4.69) is 11.1 Å². The largest absolute Gasteiger partial charge is 0.507 e. The number of aromatic hydroxyl groups is 3. The average Bonchev–Trinajstić information content (AvgIpc) is 4.13. The molecule has 0 radical (unpaired) electrons. The number of rotatable bonds is 11. The highest BCUT2D eigenvalue weighted by molar-refractivity contribution is 6.00. The fourth-order valence-corrected chi connectivity index (χ4v) is 8.93. The number of benzene rings is 6. The summed E-state index contributed by atoms with van der Waals surface area (Å²) >= 11 is 0. The predicted octanol–water partition coefficient (Wildman–Crippen LogP) is 10.2. The molecule has 398 valence electrons. The molecule has 1 aliphatic heterocycles. The number of fused-ring (bicyclic) bond motifs is 4. The number of carbonyl (C=O) groups excluding carboxylic acids is 2. The Labute approximate surface area is 436 Å². The number of aromatic nitrogens is 3. The third-order valence-corrected chi connectivity index (χ3v) is 12.3. The molecule has 0 fully saturated rings. The van der Waals surface area contributed by atoms with Crippen molar-refractivity contribution in [3.05, 3.63) is 173 Å². The Kier molecular flexibility index (Phi) is 20.0. The molecule has 18 heteroatoms. The van der Waals surface area contributed by atoms with Gasteiger partial charge in [0.2, 0.25) is 0 Å². The fraction of sp³-hybridized carbons (Fsp3) is 0.207. The number of carboxylic acid groups (broad SMARTS) is 1. The van der Waals surface area contributed by atoms with Crippen LogP contribution in [-0.4, -0.2) is 63.4 Å². The molecule has 3 aromatic heterocycles. The third-order valence-electron chi connectivity index (χ3n) is 12.3. The molecule has 9 aromatic rings. The highest BCUT2D eigenvalue weighted by Gasteiger charge is 2.21. The van der Waals surface area contributed by atoms with E-state index < -0.39 is 23.4 Å². The van der Waals surface area contributed by atoms with Crippen molar-refractivity contribution in [3.8, 4) is 17.2 Å². The maximum atomic E-state index is 13.6. The van der Waals surface area contributed by atoms with Crippen molar-refractivity contribution in [1.29, 1.82) is 0 Å². The van der Waals surface area contributed by atoms with Crippen LogP contribution < -0.4 is 17.2 Å². The van der Waals surface area contributed by atoms with Crippen molar-refractivity contribution in [2.24, 2.45) is 4.99 Å². The molecule has 6 aromatic carbocycles. The van der Waals surface area contributed by atoms with Crippen LogP contribution in [0.1, 0.15) is 55.5 Å². The monoisotopic (exact) mass is 1040 g/mol. The summed E-state index contributed by atoms with van der Waals surface area (Å²) in [7, 11) is 0. The van der Waals surface area contributed by atoms with Crippen LogP contribution in [0.3, 0.4) is 0 Å². The average molecular weight is 1040 g/mol. The molecule has 0 unspecified atom stereocenters. The Morgan fingerprint density at radius 1 is 0.579 bits per heavy atom. The van der Waals surface area contributed by atoms with E-state index in [-0.39, 0.29) is 47.8 Å². The second kappa shape index (κ2) is 26.3. The van der Waals surface area contributed by atoms with E-state index in [0.29, 0.717) is 69.5 Å². The predicted molar refractivity (Wildman–Crippen MR) is 294 cm³/mol. The lowest BCUT2D eigenvalue weighted by Crippen LogP contribution is -2.08. The fourth-order valence-electron chi connectivity index (χ4n) is 8.93. The van der Waals surface area contributed by atoms with Crippen molar-refractivity contribution in [2.75, 3.05) is 17.2 Å². The summed E-state index contributed by atoms with van der Waals surface area (Å²) in [5.41, 5.74) is 26.7. The zero-order chi connectivity index (χ0) is 54.5. The summed E-state index contributed by atoms with van der Waals surface area (Å²) in [5, 5.41) is 40.5. The molecular formula is C58H62F3N7O8. The number of hydrogen-bond donors (Lipinski definition) is 7. The minimum absolute atomic E-state index is 0. The molecule has 0 amide bonds. The summed E-state index contributed by atoms with van der Waals surface area (Å²) in [4.78, 5) is 36.6. The first-order valence-electron chi connectivity index (χ1n) is 24.1. The topological polar surface area (TPSA) is 269 Å². The molecule has 0 saturated carbocycles. The van der Waals surface area contributed by atoms with Crippen LogP contribution >= 0.6 is 0 Å². The van der Waals surface area contributed by atoms with E-state index >= 15 is 0 Å². The van der Waals surface area contributed by atoms with Gasteiger partial charge in [-0.1, -0.05) is 48.5 Å². The zero-order valence-corrected chi connectivity index (χ0v) is 42.5. The summed E-state index contributed by atoms with van der Waals surface area (Å²) < 4.78 is 45.9. The molecule has 1 aliphatic rings. The number of phenols is 3. The van der Waals surface area contributed by atoms with Crippen LogP contribution in [-0.2, 0) is 66.1 Å². The van der Waals surface area contributed by atoms with Gasteiger partial charge in [0, 0.05) is 110 Å². The van der Waals surface area contributed by atoms with Crippen LogP contribution in [0.15, 0.2) is 133 Å². The number of para-hydroxylation sites is 4. The van der Waals surface area contributed by atoms with Gasteiger partial charge in [0.1, 0.15) is 46.8 Å². The molecule has 12 N–H and O–H groups in total. The van der Waals surface area contributed by atoms with Crippen molar-refractivity contribution < 1.29 is 53.5 Å². The number of halogens is 3. The normalized spacial score (nSPS) is 11.1. The van der Waals surface area contributed by atoms with E-state index in [4.69, 9.17) is 27.1 Å². The highest BCUT2D eigenvalue weighted by Crippen LogP contribution is 2.36. The standard InChI is InChI=1S/C19H19FN2O2.C19H17FN2O.C12H12FNO3.C6H8N2.C2H4O.H2O/c1-2-22-11-13(19-17(22)9-14(20)10-18(19)24)8-15(23)7-12-5-3-4-6-16(12)21;1-2-22-11-13(19-17(22)9-14(20)10-18(19)23)8-15-7-12-5-3-4-6-16(12)21-15;1-2-14-6-7(3-11(16)17)12-9(14)4-8(13)5-10(12)15;7-5-3-1-2-4-6(5)8;1-2-3;/h3-6,9-11,24H,2,7-8,21H2,1H3;3-6,9-11,23H,2,7-8H2,1H3;4-6,15H,2-3H2,1H3,(H,16,17);1-4H,7-8H2;2H,1H3;1H2. The van der Waals surface area contributed by atoms with Gasteiger partial charge >= 0.3 is 5.97 Å². The third kappa shape index (κ3) is 14.0. The molecule has 0 bridgehead atoms. The van der Waals surface area contributed by atoms with Crippen LogP contribution in [0, 0.1) is 17.5 Å². The molecule has 15 nitrogen and oxygen atoms in total. The van der Waals surface area contributed by atoms with E-state index in [1.54, 1.807) is 35.2 Å². The number of aldehydes is 1. The molecule has 4 heterocycles. The van der Waals surface area contributed by atoms with Gasteiger partial charge in [0.25, 0.3) is 0 Å². The van der Waals surface area contributed by atoms with Gasteiger partial charge in [0.15, 0.2) is 0 Å². The molecule has 0 aliphatic carbocycles. The Morgan fingerprint density at radius 3 is 1.38 bits per heavy atom. The van der Waals surface area contributed by atoms with Gasteiger partial charge in [-0.15, -0.1) is 0 Å². The van der Waals surface area contributed by atoms with Crippen molar-refractivity contribution in [1.82, 2.24) is 13.7 Å². The minimum Gasteiger partial charge on any atom is -0.507 e. The van der Waals surface area contributed by atoms with E-state index in [9.17, 15) is 38.1 Å². The van der Waals surface area contributed by atoms with E-state index in [1.165, 1.54) is 36.8 Å². The van der Waals surface area contributed by atoms with Crippen molar-refractivity contribution in [3.63, 3.8) is 0 Å². The minimum atomic E-state index is -0.983. The first-order valence-corrected chi connectivity index (χ1v) is 24.1. The summed E-state index contributed by atoms with van der Waals surface area (Å²) in [5.74, 6) is -2.80. The number of aliphatic imine (C=N–C) groups is 1. The molecule has 76 heavy (non-hydrogen) atoms. The van der Waals surface area contributed by atoms with E-state index in [0.717, 1.165) is 64.8 Å². The lowest BCUT2D eigenvalue weighted by atomic mass is 10.0. The Hall–Kier alpha value is -9.03. The number of aryl methyl sites for hydroxylation is 3.